The highest BCUT2D eigenvalue weighted by Gasteiger charge is 2.25. The van der Waals surface area contributed by atoms with Crippen LogP contribution in [0.2, 0.25) is 0 Å². The van der Waals surface area contributed by atoms with Crippen molar-refractivity contribution in [1.82, 2.24) is 4.57 Å². The minimum Gasteiger partial charge on any atom is -0.481 e. The number of carboxylic acids is 1. The third-order valence-electron chi connectivity index (χ3n) is 3.40. The van der Waals surface area contributed by atoms with E-state index < -0.39 is 5.97 Å². The fourth-order valence-electron chi connectivity index (χ4n) is 2.55. The van der Waals surface area contributed by atoms with E-state index in [2.05, 4.69) is 22.8 Å². The van der Waals surface area contributed by atoms with Crippen molar-refractivity contribution in [2.75, 3.05) is 0 Å². The van der Waals surface area contributed by atoms with E-state index in [4.69, 9.17) is 5.11 Å². The van der Waals surface area contributed by atoms with Gasteiger partial charge in [0.1, 0.15) is 0 Å². The second kappa shape index (κ2) is 3.37. The van der Waals surface area contributed by atoms with E-state index in [0.717, 1.165) is 18.7 Å². The second-order valence-electron chi connectivity index (χ2n) is 4.37. The van der Waals surface area contributed by atoms with Gasteiger partial charge in [-0.2, -0.15) is 0 Å². The molecule has 0 spiro atoms. The van der Waals surface area contributed by atoms with Gasteiger partial charge in [-0.05, 0) is 23.9 Å². The molecule has 3 heteroatoms. The Kier molecular flexibility index (Phi) is 1.99. The third kappa shape index (κ3) is 1.32. The van der Waals surface area contributed by atoms with Gasteiger partial charge < -0.3 is 9.67 Å². The number of aryl methyl sites for hydroxylation is 1. The molecule has 0 saturated heterocycles. The molecule has 2 aromatic rings. The molecule has 0 saturated carbocycles. The molecule has 0 aliphatic carbocycles. The number of aromatic nitrogens is 1. The fraction of sp³-hybridized carbons (Fsp3) is 0.308. The maximum absolute atomic E-state index is 11.0. The number of hydrogen-bond donors (Lipinski definition) is 1. The zero-order valence-electron chi connectivity index (χ0n) is 8.89. The number of benzene rings is 1. The van der Waals surface area contributed by atoms with Crippen LogP contribution in [-0.2, 0) is 17.8 Å². The lowest BCUT2D eigenvalue weighted by atomic mass is 9.96. The lowest BCUT2D eigenvalue weighted by Gasteiger charge is -2.21. The van der Waals surface area contributed by atoms with Crippen LogP contribution in [0.1, 0.15) is 12.1 Å². The van der Waals surface area contributed by atoms with E-state index in [-0.39, 0.29) is 5.92 Å². The van der Waals surface area contributed by atoms with Crippen LogP contribution in [-0.4, -0.2) is 15.6 Å². The van der Waals surface area contributed by atoms with Crippen molar-refractivity contribution in [3.63, 3.8) is 0 Å². The number of carbonyl (C=O) groups is 1. The van der Waals surface area contributed by atoms with Gasteiger partial charge >= 0.3 is 5.97 Å². The summed E-state index contributed by atoms with van der Waals surface area (Å²) in [5.41, 5.74) is 2.38. The molecule has 1 aliphatic rings. The molecule has 0 fully saturated rings. The Hall–Kier alpha value is -1.77. The van der Waals surface area contributed by atoms with Crippen LogP contribution in [0.3, 0.4) is 0 Å². The zero-order valence-corrected chi connectivity index (χ0v) is 8.89. The summed E-state index contributed by atoms with van der Waals surface area (Å²) in [5.74, 6) is -0.881. The summed E-state index contributed by atoms with van der Waals surface area (Å²) < 4.78 is 2.24. The number of fused-ring (bicyclic) bond motifs is 3. The summed E-state index contributed by atoms with van der Waals surface area (Å²) in [6.07, 6.45) is 1.39. The maximum atomic E-state index is 11.0. The molecule has 1 aromatic carbocycles. The molecule has 1 aliphatic heterocycles. The number of rotatable bonds is 1. The van der Waals surface area contributed by atoms with Gasteiger partial charge in [-0.3, -0.25) is 4.79 Å². The van der Waals surface area contributed by atoms with Crippen LogP contribution in [0.4, 0.5) is 0 Å². The SMILES string of the molecule is O=C(O)[C@@H]1CCn2c(cc3ccccc32)C1. The van der Waals surface area contributed by atoms with Gasteiger partial charge in [-0.1, -0.05) is 18.2 Å². The highest BCUT2D eigenvalue weighted by Crippen LogP contribution is 2.27. The van der Waals surface area contributed by atoms with Crippen molar-refractivity contribution in [3.05, 3.63) is 36.0 Å². The molecular weight excluding hydrogens is 202 g/mol. The molecule has 1 aromatic heterocycles. The van der Waals surface area contributed by atoms with Crippen molar-refractivity contribution in [1.29, 1.82) is 0 Å². The molecule has 0 bridgehead atoms. The molecular formula is C13H13NO2. The molecule has 82 valence electrons. The zero-order chi connectivity index (χ0) is 11.1. The Morgan fingerprint density at radius 3 is 3.00 bits per heavy atom. The van der Waals surface area contributed by atoms with Gasteiger partial charge in [-0.25, -0.2) is 0 Å². The molecule has 1 atom stereocenters. The topological polar surface area (TPSA) is 42.2 Å². The van der Waals surface area contributed by atoms with Crippen molar-refractivity contribution in [3.8, 4) is 0 Å². The molecule has 2 heterocycles. The largest absolute Gasteiger partial charge is 0.481 e. The van der Waals surface area contributed by atoms with Crippen LogP contribution in [0, 0.1) is 5.92 Å². The Morgan fingerprint density at radius 1 is 1.38 bits per heavy atom. The lowest BCUT2D eigenvalue weighted by Crippen LogP contribution is -2.24. The summed E-state index contributed by atoms with van der Waals surface area (Å²) in [4.78, 5) is 11.0. The van der Waals surface area contributed by atoms with Crippen molar-refractivity contribution in [2.24, 2.45) is 5.92 Å². The summed E-state index contributed by atoms with van der Waals surface area (Å²) in [6, 6.07) is 10.3. The minimum atomic E-state index is -0.670. The summed E-state index contributed by atoms with van der Waals surface area (Å²) in [6.45, 7) is 0.819. The van der Waals surface area contributed by atoms with Crippen LogP contribution in [0.5, 0.6) is 0 Å². The van der Waals surface area contributed by atoms with Crippen molar-refractivity contribution >= 4 is 16.9 Å². The first kappa shape index (κ1) is 9.46. The average Bonchev–Trinajstić information content (AvgIpc) is 2.66. The van der Waals surface area contributed by atoms with E-state index in [9.17, 15) is 4.79 Å². The van der Waals surface area contributed by atoms with Crippen LogP contribution < -0.4 is 0 Å². The molecule has 0 amide bonds. The van der Waals surface area contributed by atoms with Gasteiger partial charge in [0.25, 0.3) is 0 Å². The minimum absolute atomic E-state index is 0.211. The van der Waals surface area contributed by atoms with Gasteiger partial charge in [0.15, 0.2) is 0 Å². The fourth-order valence-corrected chi connectivity index (χ4v) is 2.55. The Labute approximate surface area is 93.3 Å². The number of aliphatic carboxylic acids is 1. The number of carboxylic acid groups (broad SMARTS) is 1. The molecule has 3 rings (SSSR count). The van der Waals surface area contributed by atoms with Crippen LogP contribution in [0.25, 0.3) is 10.9 Å². The predicted octanol–water partition coefficient (Wildman–Crippen LogP) is 2.29. The lowest BCUT2D eigenvalue weighted by molar-refractivity contribution is -0.142. The van der Waals surface area contributed by atoms with Gasteiger partial charge in [0.2, 0.25) is 0 Å². The van der Waals surface area contributed by atoms with Crippen molar-refractivity contribution < 1.29 is 9.90 Å². The normalized spacial score (nSPS) is 19.6. The smallest absolute Gasteiger partial charge is 0.306 e. The number of para-hydroxylation sites is 1. The van der Waals surface area contributed by atoms with Gasteiger partial charge in [0.05, 0.1) is 5.92 Å². The summed E-state index contributed by atoms with van der Waals surface area (Å²) in [5, 5.41) is 10.2. The Balaban J connectivity index is 2.09. The first-order valence-electron chi connectivity index (χ1n) is 5.55. The molecule has 1 N–H and O–H groups in total. The standard InChI is InChI=1S/C13H13NO2/c15-13(16)10-5-6-14-11(8-10)7-9-3-1-2-4-12(9)14/h1-4,7,10H,5-6,8H2,(H,15,16)/t10-/m1/s1. The quantitative estimate of drug-likeness (QED) is 0.793. The van der Waals surface area contributed by atoms with E-state index in [1.165, 1.54) is 10.9 Å². The number of nitrogens with zero attached hydrogens (tertiary/aromatic N) is 1. The predicted molar refractivity (Wildman–Crippen MR) is 61.4 cm³/mol. The Morgan fingerprint density at radius 2 is 2.19 bits per heavy atom. The van der Waals surface area contributed by atoms with Crippen LogP contribution in [0.15, 0.2) is 30.3 Å². The highest BCUT2D eigenvalue weighted by molar-refractivity contribution is 5.82. The molecule has 0 unspecified atom stereocenters. The van der Waals surface area contributed by atoms with Crippen LogP contribution >= 0.6 is 0 Å². The van der Waals surface area contributed by atoms with E-state index in [1.54, 1.807) is 0 Å². The van der Waals surface area contributed by atoms with Crippen molar-refractivity contribution in [2.45, 2.75) is 19.4 Å². The van der Waals surface area contributed by atoms with Gasteiger partial charge in [-0.15, -0.1) is 0 Å². The summed E-state index contributed by atoms with van der Waals surface area (Å²) >= 11 is 0. The van der Waals surface area contributed by atoms with Gasteiger partial charge in [0, 0.05) is 24.2 Å². The molecule has 3 nitrogen and oxygen atoms in total. The Bertz CT molecular complexity index is 556. The summed E-state index contributed by atoms with van der Waals surface area (Å²) in [7, 11) is 0. The third-order valence-corrected chi connectivity index (χ3v) is 3.40. The second-order valence-corrected chi connectivity index (χ2v) is 4.37. The monoisotopic (exact) mass is 215 g/mol. The van der Waals surface area contributed by atoms with E-state index >= 15 is 0 Å². The maximum Gasteiger partial charge on any atom is 0.306 e. The van der Waals surface area contributed by atoms with E-state index in [1.807, 2.05) is 12.1 Å². The van der Waals surface area contributed by atoms with E-state index in [0.29, 0.717) is 6.42 Å². The average molecular weight is 215 g/mol. The molecule has 0 radical (unpaired) electrons. The first-order valence-corrected chi connectivity index (χ1v) is 5.55. The highest BCUT2D eigenvalue weighted by atomic mass is 16.4. The number of hydrogen-bond acceptors (Lipinski definition) is 1. The molecule has 16 heavy (non-hydrogen) atoms. The first-order chi connectivity index (χ1) is 7.75.